The average molecular weight is 456 g/mol. The number of morpholine rings is 1. The van der Waals surface area contributed by atoms with Gasteiger partial charge < -0.3 is 10.1 Å². The summed E-state index contributed by atoms with van der Waals surface area (Å²) in [7, 11) is 0. The monoisotopic (exact) mass is 455 g/mol. The van der Waals surface area contributed by atoms with Crippen molar-refractivity contribution in [1.29, 1.82) is 0 Å². The van der Waals surface area contributed by atoms with Gasteiger partial charge in [0.1, 0.15) is 0 Å². The van der Waals surface area contributed by atoms with E-state index in [1.165, 1.54) is 23.0 Å². The molecule has 1 amide bonds. The van der Waals surface area contributed by atoms with Gasteiger partial charge in [0.25, 0.3) is 11.6 Å². The third kappa shape index (κ3) is 5.13. The lowest BCUT2D eigenvalue weighted by Gasteiger charge is -2.35. The van der Waals surface area contributed by atoms with Crippen molar-refractivity contribution in [3.05, 3.63) is 87.2 Å². The number of nitro benzene ring substituents is 1. The summed E-state index contributed by atoms with van der Waals surface area (Å²) in [5.74, 6) is -0.245. The summed E-state index contributed by atoms with van der Waals surface area (Å²) >= 11 is 6.04. The highest BCUT2D eigenvalue weighted by Crippen LogP contribution is 2.23. The molecule has 3 aromatic rings. The molecule has 1 unspecified atom stereocenters. The SMILES string of the molecule is O=C(NCC(c1ccc(Cl)cc1)N1CCOCC1)c1cnn(-c2ccc([N+](=O)[O-])cc2)c1. The number of nitrogens with zero attached hydrogens (tertiary/aromatic N) is 4. The maximum absolute atomic E-state index is 12.8. The molecule has 166 valence electrons. The molecule has 1 aliphatic heterocycles. The highest BCUT2D eigenvalue weighted by molar-refractivity contribution is 6.30. The molecule has 32 heavy (non-hydrogen) atoms. The van der Waals surface area contributed by atoms with E-state index in [1.807, 2.05) is 24.3 Å². The van der Waals surface area contributed by atoms with Gasteiger partial charge in [-0.25, -0.2) is 4.68 Å². The predicted molar refractivity (Wildman–Crippen MR) is 119 cm³/mol. The molecule has 9 nitrogen and oxygen atoms in total. The van der Waals surface area contributed by atoms with E-state index < -0.39 is 4.92 Å². The minimum absolute atomic E-state index is 0.00442. The van der Waals surface area contributed by atoms with Crippen molar-refractivity contribution in [2.75, 3.05) is 32.8 Å². The number of ether oxygens (including phenoxy) is 1. The van der Waals surface area contributed by atoms with Crippen LogP contribution in [0.4, 0.5) is 5.69 Å². The van der Waals surface area contributed by atoms with Gasteiger partial charge in [-0.05, 0) is 29.8 Å². The second-order valence-corrected chi connectivity index (χ2v) is 7.81. The topological polar surface area (TPSA) is 103 Å². The number of carbonyl (C=O) groups excluding carboxylic acids is 1. The number of benzene rings is 2. The molecule has 0 radical (unpaired) electrons. The van der Waals surface area contributed by atoms with Crippen LogP contribution in [0.25, 0.3) is 5.69 Å². The zero-order chi connectivity index (χ0) is 22.5. The Balaban J connectivity index is 1.45. The van der Waals surface area contributed by atoms with Crippen LogP contribution < -0.4 is 5.32 Å². The van der Waals surface area contributed by atoms with Crippen LogP contribution in [0.5, 0.6) is 0 Å². The number of rotatable bonds is 7. The van der Waals surface area contributed by atoms with E-state index in [-0.39, 0.29) is 17.6 Å². The van der Waals surface area contributed by atoms with Crippen LogP contribution in [-0.2, 0) is 4.74 Å². The lowest BCUT2D eigenvalue weighted by Crippen LogP contribution is -2.43. The van der Waals surface area contributed by atoms with Gasteiger partial charge in [0, 0.05) is 43.0 Å². The molecule has 2 aromatic carbocycles. The first-order valence-electron chi connectivity index (χ1n) is 10.2. The molecule has 1 N–H and O–H groups in total. The second-order valence-electron chi connectivity index (χ2n) is 7.37. The summed E-state index contributed by atoms with van der Waals surface area (Å²) in [6.07, 6.45) is 3.07. The van der Waals surface area contributed by atoms with Crippen molar-refractivity contribution in [2.24, 2.45) is 0 Å². The summed E-state index contributed by atoms with van der Waals surface area (Å²) in [5.41, 5.74) is 2.09. The first-order chi connectivity index (χ1) is 15.5. The van der Waals surface area contributed by atoms with E-state index >= 15 is 0 Å². The number of carbonyl (C=O) groups is 1. The molecule has 10 heteroatoms. The van der Waals surface area contributed by atoms with Gasteiger partial charge in [0.2, 0.25) is 0 Å². The lowest BCUT2D eigenvalue weighted by molar-refractivity contribution is -0.384. The van der Waals surface area contributed by atoms with Crippen LogP contribution in [-0.4, -0.2) is 58.4 Å². The maximum Gasteiger partial charge on any atom is 0.269 e. The summed E-state index contributed by atoms with van der Waals surface area (Å²) in [4.78, 5) is 25.4. The standard InChI is InChI=1S/C22H22ClN5O4/c23-18-3-1-16(2-4-18)21(26-9-11-32-12-10-26)14-24-22(29)17-13-25-27(15-17)19-5-7-20(8-6-19)28(30)31/h1-8,13,15,21H,9-12,14H2,(H,24,29). The Morgan fingerprint density at radius 3 is 2.50 bits per heavy atom. The molecule has 1 aliphatic rings. The number of aromatic nitrogens is 2. The van der Waals surface area contributed by atoms with Gasteiger partial charge in [-0.1, -0.05) is 23.7 Å². The molecule has 0 saturated carbocycles. The van der Waals surface area contributed by atoms with Crippen molar-refractivity contribution < 1.29 is 14.5 Å². The summed E-state index contributed by atoms with van der Waals surface area (Å²) in [5, 5.41) is 18.7. The molecular weight excluding hydrogens is 434 g/mol. The molecule has 1 fully saturated rings. The summed E-state index contributed by atoms with van der Waals surface area (Å²) in [6, 6.07) is 13.6. The highest BCUT2D eigenvalue weighted by atomic mass is 35.5. The van der Waals surface area contributed by atoms with Crippen molar-refractivity contribution >= 4 is 23.2 Å². The highest BCUT2D eigenvalue weighted by Gasteiger charge is 2.23. The molecule has 1 saturated heterocycles. The van der Waals surface area contributed by atoms with Crippen LogP contribution in [0.1, 0.15) is 22.0 Å². The number of amides is 1. The van der Waals surface area contributed by atoms with Crippen molar-refractivity contribution in [3.63, 3.8) is 0 Å². The second kappa shape index (κ2) is 9.90. The average Bonchev–Trinajstić information content (AvgIpc) is 3.31. The number of halogens is 1. The van der Waals surface area contributed by atoms with E-state index in [0.29, 0.717) is 36.0 Å². The lowest BCUT2D eigenvalue weighted by atomic mass is 10.0. The fourth-order valence-corrected chi connectivity index (χ4v) is 3.76. The number of nitro groups is 1. The van der Waals surface area contributed by atoms with E-state index in [0.717, 1.165) is 18.7 Å². The number of hydrogen-bond acceptors (Lipinski definition) is 6. The van der Waals surface area contributed by atoms with Gasteiger partial charge in [0.15, 0.2) is 0 Å². The van der Waals surface area contributed by atoms with Gasteiger partial charge >= 0.3 is 0 Å². The minimum Gasteiger partial charge on any atom is -0.379 e. The number of nitrogens with one attached hydrogen (secondary N) is 1. The molecular formula is C22H22ClN5O4. The Hall–Kier alpha value is -3.27. The van der Waals surface area contributed by atoms with Crippen LogP contribution in [0, 0.1) is 10.1 Å². The predicted octanol–water partition coefficient (Wildman–Crippen LogP) is 3.24. The van der Waals surface area contributed by atoms with E-state index in [9.17, 15) is 14.9 Å². The van der Waals surface area contributed by atoms with Gasteiger partial charge in [-0.2, -0.15) is 5.10 Å². The molecule has 1 aromatic heterocycles. The zero-order valence-corrected chi connectivity index (χ0v) is 17.9. The van der Waals surface area contributed by atoms with E-state index in [4.69, 9.17) is 16.3 Å². The molecule has 2 heterocycles. The van der Waals surface area contributed by atoms with Gasteiger partial charge in [-0.3, -0.25) is 19.8 Å². The molecule has 0 bridgehead atoms. The molecule has 0 aliphatic carbocycles. The fraction of sp³-hybridized carbons (Fsp3) is 0.273. The van der Waals surface area contributed by atoms with Gasteiger partial charge in [0.05, 0.1) is 41.6 Å². The Kier molecular flexibility index (Phi) is 6.79. The van der Waals surface area contributed by atoms with Crippen LogP contribution in [0.2, 0.25) is 5.02 Å². The first kappa shape index (κ1) is 21.9. The third-order valence-corrected chi connectivity index (χ3v) is 5.62. The van der Waals surface area contributed by atoms with Crippen LogP contribution in [0.15, 0.2) is 60.9 Å². The van der Waals surface area contributed by atoms with E-state index in [2.05, 4.69) is 15.3 Å². The van der Waals surface area contributed by atoms with Crippen molar-refractivity contribution in [2.45, 2.75) is 6.04 Å². The van der Waals surface area contributed by atoms with Gasteiger partial charge in [-0.15, -0.1) is 0 Å². The molecule has 1 atom stereocenters. The molecule has 4 rings (SSSR count). The summed E-state index contributed by atoms with van der Waals surface area (Å²) < 4.78 is 6.98. The zero-order valence-electron chi connectivity index (χ0n) is 17.2. The number of hydrogen-bond donors (Lipinski definition) is 1. The Morgan fingerprint density at radius 2 is 1.84 bits per heavy atom. The minimum atomic E-state index is -0.461. The van der Waals surface area contributed by atoms with Crippen LogP contribution in [0.3, 0.4) is 0 Å². The maximum atomic E-state index is 12.8. The number of non-ortho nitro benzene ring substituents is 1. The summed E-state index contributed by atoms with van der Waals surface area (Å²) in [6.45, 7) is 3.28. The van der Waals surface area contributed by atoms with Crippen molar-refractivity contribution in [1.82, 2.24) is 20.0 Å². The Bertz CT molecular complexity index is 1080. The first-order valence-corrected chi connectivity index (χ1v) is 10.5. The molecule has 0 spiro atoms. The van der Waals surface area contributed by atoms with Crippen molar-refractivity contribution in [3.8, 4) is 5.69 Å². The third-order valence-electron chi connectivity index (χ3n) is 5.37. The Morgan fingerprint density at radius 1 is 1.16 bits per heavy atom. The normalized spacial score (nSPS) is 15.3. The van der Waals surface area contributed by atoms with Crippen LogP contribution >= 0.6 is 11.6 Å². The smallest absolute Gasteiger partial charge is 0.269 e. The quantitative estimate of drug-likeness (QED) is 0.433. The largest absolute Gasteiger partial charge is 0.379 e. The Labute approximate surface area is 189 Å². The van der Waals surface area contributed by atoms with E-state index in [1.54, 1.807) is 18.3 Å². The fourth-order valence-electron chi connectivity index (χ4n) is 3.63.